The third-order valence-corrected chi connectivity index (χ3v) is 7.06. The van der Waals surface area contributed by atoms with Crippen molar-refractivity contribution >= 4 is 33.3 Å². The molecule has 2 aromatic carbocycles. The van der Waals surface area contributed by atoms with Gasteiger partial charge in [-0.1, -0.05) is 59.6 Å². The summed E-state index contributed by atoms with van der Waals surface area (Å²) in [5.74, 6) is 0.390. The molecule has 0 heterocycles. The largest absolute Gasteiger partial charge is 0.352 e. The number of hydrogen-bond donors (Lipinski definition) is 4. The Morgan fingerprint density at radius 3 is 2.00 bits per heavy atom. The van der Waals surface area contributed by atoms with Gasteiger partial charge in [0.2, 0.25) is 5.91 Å². The Bertz CT molecular complexity index is 1110. The molecule has 198 valence electrons. The number of carbonyl (C=O) groups excluding carboxylic acids is 2. The van der Waals surface area contributed by atoms with Gasteiger partial charge < -0.3 is 16.0 Å². The molecule has 9 heteroatoms. The van der Waals surface area contributed by atoms with Gasteiger partial charge in [0.05, 0.1) is 11.4 Å². The summed E-state index contributed by atoms with van der Waals surface area (Å²) in [6.45, 7) is 12.4. The molecule has 0 bridgehead atoms. The van der Waals surface area contributed by atoms with Crippen molar-refractivity contribution in [2.24, 2.45) is 5.92 Å². The van der Waals surface area contributed by atoms with E-state index in [0.29, 0.717) is 17.3 Å². The summed E-state index contributed by atoms with van der Waals surface area (Å²) in [4.78, 5) is 24.4. The number of sulfonamides is 1. The van der Waals surface area contributed by atoms with Crippen molar-refractivity contribution in [2.75, 3.05) is 16.6 Å². The van der Waals surface area contributed by atoms with Crippen molar-refractivity contribution in [3.8, 4) is 0 Å². The maximum Gasteiger partial charge on any atom is 0.319 e. The Labute approximate surface area is 215 Å². The minimum Gasteiger partial charge on any atom is -0.352 e. The molecule has 0 radical (unpaired) electrons. The SMILES string of the molecule is CC(C)CCCC(C)NC(=O)CNC(=O)Nc1ccc(NS(=O)(=O)c2ccc(C(C)(C)C)cc2)cc1. The minimum atomic E-state index is -3.74. The van der Waals surface area contributed by atoms with E-state index >= 15 is 0 Å². The highest BCUT2D eigenvalue weighted by atomic mass is 32.2. The average Bonchev–Trinajstić information content (AvgIpc) is 2.78. The number of anilines is 2. The van der Waals surface area contributed by atoms with Gasteiger partial charge in [0.25, 0.3) is 10.0 Å². The van der Waals surface area contributed by atoms with E-state index in [9.17, 15) is 18.0 Å². The van der Waals surface area contributed by atoms with Crippen LogP contribution in [0.3, 0.4) is 0 Å². The number of benzene rings is 2. The topological polar surface area (TPSA) is 116 Å². The van der Waals surface area contributed by atoms with E-state index < -0.39 is 16.1 Å². The van der Waals surface area contributed by atoms with E-state index in [1.807, 2.05) is 19.1 Å². The van der Waals surface area contributed by atoms with Crippen LogP contribution >= 0.6 is 0 Å². The number of rotatable bonds is 11. The number of hydrogen-bond acceptors (Lipinski definition) is 4. The Morgan fingerprint density at radius 1 is 0.861 bits per heavy atom. The number of amides is 3. The van der Waals surface area contributed by atoms with Crippen LogP contribution in [0.1, 0.15) is 66.4 Å². The molecule has 0 saturated carbocycles. The highest BCUT2D eigenvalue weighted by Gasteiger charge is 2.18. The van der Waals surface area contributed by atoms with Gasteiger partial charge in [0.15, 0.2) is 0 Å². The lowest BCUT2D eigenvalue weighted by molar-refractivity contribution is -0.120. The summed E-state index contributed by atoms with van der Waals surface area (Å²) in [7, 11) is -3.74. The van der Waals surface area contributed by atoms with E-state index in [0.717, 1.165) is 24.8 Å². The van der Waals surface area contributed by atoms with Gasteiger partial charge in [-0.05, 0) is 66.6 Å². The van der Waals surface area contributed by atoms with Crippen molar-refractivity contribution in [1.82, 2.24) is 10.6 Å². The van der Waals surface area contributed by atoms with Crippen molar-refractivity contribution in [2.45, 2.75) is 77.2 Å². The molecular weight excluding hydrogens is 476 g/mol. The smallest absolute Gasteiger partial charge is 0.319 e. The van der Waals surface area contributed by atoms with Crippen LogP contribution in [0.5, 0.6) is 0 Å². The summed E-state index contributed by atoms with van der Waals surface area (Å²) in [6, 6.07) is 12.6. The molecule has 0 aromatic heterocycles. The summed E-state index contributed by atoms with van der Waals surface area (Å²) in [5.41, 5.74) is 1.81. The average molecular weight is 517 g/mol. The van der Waals surface area contributed by atoms with Gasteiger partial charge >= 0.3 is 6.03 Å². The van der Waals surface area contributed by atoms with Crippen LogP contribution in [0, 0.1) is 5.92 Å². The Morgan fingerprint density at radius 2 is 1.44 bits per heavy atom. The first-order valence-electron chi connectivity index (χ1n) is 12.3. The van der Waals surface area contributed by atoms with Gasteiger partial charge in [-0.25, -0.2) is 13.2 Å². The second-order valence-corrected chi connectivity index (χ2v) is 12.2. The van der Waals surface area contributed by atoms with Gasteiger partial charge in [-0.15, -0.1) is 0 Å². The van der Waals surface area contributed by atoms with Gasteiger partial charge in [-0.3, -0.25) is 9.52 Å². The lowest BCUT2D eigenvalue weighted by Crippen LogP contribution is -2.42. The molecule has 4 N–H and O–H groups in total. The lowest BCUT2D eigenvalue weighted by Gasteiger charge is -2.19. The quantitative estimate of drug-likeness (QED) is 0.327. The van der Waals surface area contributed by atoms with Crippen LogP contribution in [0.15, 0.2) is 53.4 Å². The predicted octanol–water partition coefficient (Wildman–Crippen LogP) is 5.24. The monoisotopic (exact) mass is 516 g/mol. The third kappa shape index (κ3) is 9.89. The Kier molecular flexibility index (Phi) is 10.3. The van der Waals surface area contributed by atoms with Crippen molar-refractivity contribution < 1.29 is 18.0 Å². The van der Waals surface area contributed by atoms with Crippen LogP contribution < -0.4 is 20.7 Å². The van der Waals surface area contributed by atoms with E-state index in [1.54, 1.807) is 36.4 Å². The molecule has 1 unspecified atom stereocenters. The van der Waals surface area contributed by atoms with E-state index in [4.69, 9.17) is 0 Å². The fourth-order valence-electron chi connectivity index (χ4n) is 3.54. The standard InChI is InChI=1S/C27H40N4O4S/c1-19(2)8-7-9-20(3)29-25(32)18-28-26(33)30-22-12-14-23(15-13-22)31-36(34,35)24-16-10-21(11-17-24)27(4,5)6/h10-17,19-20,31H,7-9,18H2,1-6H3,(H,29,32)(H2,28,30,33). The molecule has 0 aliphatic carbocycles. The molecule has 0 saturated heterocycles. The van der Waals surface area contributed by atoms with Gasteiger partial charge in [0.1, 0.15) is 0 Å². The lowest BCUT2D eigenvalue weighted by atomic mass is 9.87. The molecule has 3 amide bonds. The zero-order valence-electron chi connectivity index (χ0n) is 22.1. The zero-order chi connectivity index (χ0) is 26.9. The first-order valence-corrected chi connectivity index (χ1v) is 13.8. The highest BCUT2D eigenvalue weighted by Crippen LogP contribution is 2.24. The fraction of sp³-hybridized carbons (Fsp3) is 0.481. The predicted molar refractivity (Wildman–Crippen MR) is 146 cm³/mol. The van der Waals surface area contributed by atoms with E-state index in [1.165, 1.54) is 0 Å². The second-order valence-electron chi connectivity index (χ2n) is 10.6. The molecule has 36 heavy (non-hydrogen) atoms. The zero-order valence-corrected chi connectivity index (χ0v) is 23.0. The van der Waals surface area contributed by atoms with Crippen LogP contribution in [0.2, 0.25) is 0 Å². The molecule has 0 fully saturated rings. The number of carbonyl (C=O) groups is 2. The molecule has 0 aliphatic rings. The summed E-state index contributed by atoms with van der Waals surface area (Å²) in [6.07, 6.45) is 3.06. The van der Waals surface area contributed by atoms with Crippen LogP contribution in [0.25, 0.3) is 0 Å². The van der Waals surface area contributed by atoms with Crippen molar-refractivity contribution in [1.29, 1.82) is 0 Å². The Hall–Kier alpha value is -3.07. The highest BCUT2D eigenvalue weighted by molar-refractivity contribution is 7.92. The second kappa shape index (κ2) is 12.8. The van der Waals surface area contributed by atoms with Crippen LogP contribution in [0.4, 0.5) is 16.2 Å². The Balaban J connectivity index is 1.82. The first kappa shape index (κ1) is 29.2. The minimum absolute atomic E-state index is 0.0499. The number of nitrogens with one attached hydrogen (secondary N) is 4. The molecular formula is C27H40N4O4S. The van der Waals surface area contributed by atoms with Crippen molar-refractivity contribution in [3.63, 3.8) is 0 Å². The van der Waals surface area contributed by atoms with E-state index in [-0.39, 0.29) is 28.8 Å². The van der Waals surface area contributed by atoms with Gasteiger partial charge in [-0.2, -0.15) is 0 Å². The summed E-state index contributed by atoms with van der Waals surface area (Å²) >= 11 is 0. The molecule has 2 aromatic rings. The third-order valence-electron chi connectivity index (χ3n) is 5.66. The maximum atomic E-state index is 12.7. The molecule has 0 aliphatic heterocycles. The van der Waals surface area contributed by atoms with Crippen molar-refractivity contribution in [3.05, 3.63) is 54.1 Å². The van der Waals surface area contributed by atoms with E-state index in [2.05, 4.69) is 55.3 Å². The number of urea groups is 1. The first-order chi connectivity index (χ1) is 16.8. The van der Waals surface area contributed by atoms with Gasteiger partial charge in [0, 0.05) is 17.4 Å². The summed E-state index contributed by atoms with van der Waals surface area (Å²) in [5, 5.41) is 8.04. The van der Waals surface area contributed by atoms with Crippen LogP contribution in [-0.4, -0.2) is 32.9 Å². The molecule has 0 spiro atoms. The normalized spacial score (nSPS) is 12.6. The van der Waals surface area contributed by atoms with Crippen LogP contribution in [-0.2, 0) is 20.2 Å². The molecule has 2 rings (SSSR count). The maximum absolute atomic E-state index is 12.7. The molecule has 8 nitrogen and oxygen atoms in total. The molecule has 1 atom stereocenters. The summed E-state index contributed by atoms with van der Waals surface area (Å²) < 4.78 is 28.0. The fourth-order valence-corrected chi connectivity index (χ4v) is 4.59.